The highest BCUT2D eigenvalue weighted by molar-refractivity contribution is 6.35. The number of halogens is 2. The Morgan fingerprint density at radius 2 is 2.00 bits per heavy atom. The number of benzene rings is 1. The third-order valence-corrected chi connectivity index (χ3v) is 3.43. The Kier molecular flexibility index (Phi) is 6.59. The third-order valence-electron chi connectivity index (χ3n) is 2.90. The number of aliphatic hydroxyl groups is 1. The third kappa shape index (κ3) is 4.85. The molecule has 0 aromatic heterocycles. The molecule has 2 unspecified atom stereocenters. The number of hydrogen-bond acceptors (Lipinski definition) is 3. The number of ether oxygens (including phenoxy) is 1. The lowest BCUT2D eigenvalue weighted by Gasteiger charge is -2.23. The normalized spacial score (nSPS) is 13.9. The molecule has 0 radical (unpaired) electrons. The highest BCUT2D eigenvalue weighted by atomic mass is 35.5. The topological polar surface area (TPSA) is 58.6 Å². The fourth-order valence-corrected chi connectivity index (χ4v) is 1.99. The van der Waals surface area contributed by atoms with Crippen LogP contribution in [-0.4, -0.2) is 29.8 Å². The van der Waals surface area contributed by atoms with Crippen molar-refractivity contribution >= 4 is 29.1 Å². The number of aliphatic hydroxyl groups excluding tert-OH is 1. The first kappa shape index (κ1) is 17.1. The van der Waals surface area contributed by atoms with Crippen LogP contribution >= 0.6 is 23.2 Å². The molecular weight excluding hydrogens is 301 g/mol. The number of nitrogens with one attached hydrogen (secondary N) is 1. The van der Waals surface area contributed by atoms with Gasteiger partial charge in [-0.25, -0.2) is 0 Å². The summed E-state index contributed by atoms with van der Waals surface area (Å²) in [6.07, 6.45) is -0.721. The predicted molar refractivity (Wildman–Crippen MR) is 80.4 cm³/mol. The van der Waals surface area contributed by atoms with Crippen molar-refractivity contribution in [3.8, 4) is 5.75 Å². The van der Waals surface area contributed by atoms with E-state index in [0.29, 0.717) is 15.8 Å². The molecule has 1 rings (SSSR count). The van der Waals surface area contributed by atoms with Gasteiger partial charge in [0.2, 0.25) is 0 Å². The standard InChI is InChI=1S/C14H19Cl2NO3/c1-8(2)12(7-18)17-14(19)9(3)20-13-5-4-10(15)6-11(13)16/h4-6,8-9,12,18H,7H2,1-3H3,(H,17,19). The fourth-order valence-electron chi connectivity index (χ4n) is 1.54. The summed E-state index contributed by atoms with van der Waals surface area (Å²) in [5.74, 6) is 0.225. The zero-order valence-corrected chi connectivity index (χ0v) is 13.2. The van der Waals surface area contributed by atoms with E-state index >= 15 is 0 Å². The van der Waals surface area contributed by atoms with Gasteiger partial charge < -0.3 is 15.2 Å². The Labute approximate surface area is 129 Å². The van der Waals surface area contributed by atoms with E-state index in [1.807, 2.05) is 13.8 Å². The van der Waals surface area contributed by atoms with Gasteiger partial charge in [0.1, 0.15) is 5.75 Å². The fraction of sp³-hybridized carbons (Fsp3) is 0.500. The maximum Gasteiger partial charge on any atom is 0.261 e. The summed E-state index contributed by atoms with van der Waals surface area (Å²) < 4.78 is 5.50. The Hall–Kier alpha value is -0.970. The summed E-state index contributed by atoms with van der Waals surface area (Å²) >= 11 is 11.8. The van der Waals surface area contributed by atoms with Crippen LogP contribution < -0.4 is 10.1 Å². The van der Waals surface area contributed by atoms with Crippen molar-refractivity contribution in [3.05, 3.63) is 28.2 Å². The van der Waals surface area contributed by atoms with Crippen molar-refractivity contribution in [3.63, 3.8) is 0 Å². The molecule has 2 N–H and O–H groups in total. The minimum absolute atomic E-state index is 0.113. The second kappa shape index (κ2) is 7.72. The van der Waals surface area contributed by atoms with Crippen molar-refractivity contribution in [2.45, 2.75) is 32.9 Å². The van der Waals surface area contributed by atoms with Gasteiger partial charge in [-0.3, -0.25) is 4.79 Å². The van der Waals surface area contributed by atoms with Gasteiger partial charge >= 0.3 is 0 Å². The number of hydrogen-bond donors (Lipinski definition) is 2. The summed E-state index contributed by atoms with van der Waals surface area (Å²) in [7, 11) is 0. The second-order valence-corrected chi connectivity index (χ2v) is 5.72. The van der Waals surface area contributed by atoms with Crippen LogP contribution in [0.2, 0.25) is 10.0 Å². The molecule has 20 heavy (non-hydrogen) atoms. The SMILES string of the molecule is CC(Oc1ccc(Cl)cc1Cl)C(=O)NC(CO)C(C)C. The molecule has 0 spiro atoms. The largest absolute Gasteiger partial charge is 0.479 e. The van der Waals surface area contributed by atoms with Crippen molar-refractivity contribution in [1.29, 1.82) is 0 Å². The van der Waals surface area contributed by atoms with E-state index in [4.69, 9.17) is 27.9 Å². The van der Waals surface area contributed by atoms with E-state index in [0.717, 1.165) is 0 Å². The Bertz CT molecular complexity index is 466. The molecule has 0 aliphatic carbocycles. The van der Waals surface area contributed by atoms with Crippen LogP contribution in [0.15, 0.2) is 18.2 Å². The molecule has 112 valence electrons. The Balaban J connectivity index is 2.65. The van der Waals surface area contributed by atoms with E-state index in [-0.39, 0.29) is 24.5 Å². The van der Waals surface area contributed by atoms with Gasteiger partial charge in [-0.15, -0.1) is 0 Å². The monoisotopic (exact) mass is 319 g/mol. The highest BCUT2D eigenvalue weighted by Gasteiger charge is 2.21. The van der Waals surface area contributed by atoms with Crippen LogP contribution in [0.4, 0.5) is 0 Å². The van der Waals surface area contributed by atoms with Gasteiger partial charge in [-0.1, -0.05) is 37.0 Å². The molecule has 0 aliphatic heterocycles. The predicted octanol–water partition coefficient (Wildman–Crippen LogP) is 2.89. The van der Waals surface area contributed by atoms with E-state index < -0.39 is 6.10 Å². The van der Waals surface area contributed by atoms with Crippen molar-refractivity contribution in [2.24, 2.45) is 5.92 Å². The van der Waals surface area contributed by atoms with Gasteiger partial charge in [-0.05, 0) is 31.0 Å². The quantitative estimate of drug-likeness (QED) is 0.847. The number of carbonyl (C=O) groups is 1. The molecule has 0 aliphatic rings. The molecule has 1 amide bonds. The lowest BCUT2D eigenvalue weighted by Crippen LogP contribution is -2.46. The maximum atomic E-state index is 12.0. The molecule has 0 heterocycles. The highest BCUT2D eigenvalue weighted by Crippen LogP contribution is 2.28. The average Bonchev–Trinajstić information content (AvgIpc) is 2.38. The van der Waals surface area contributed by atoms with E-state index in [9.17, 15) is 9.90 Å². The van der Waals surface area contributed by atoms with Gasteiger partial charge in [-0.2, -0.15) is 0 Å². The smallest absolute Gasteiger partial charge is 0.261 e. The number of rotatable bonds is 6. The van der Waals surface area contributed by atoms with E-state index in [1.54, 1.807) is 25.1 Å². The van der Waals surface area contributed by atoms with Gasteiger partial charge in [0.15, 0.2) is 6.10 Å². The van der Waals surface area contributed by atoms with Gasteiger partial charge in [0.05, 0.1) is 17.7 Å². The molecule has 2 atom stereocenters. The second-order valence-electron chi connectivity index (χ2n) is 4.88. The molecule has 1 aromatic rings. The van der Waals surface area contributed by atoms with E-state index in [2.05, 4.69) is 5.32 Å². The van der Waals surface area contributed by atoms with Crippen molar-refractivity contribution in [2.75, 3.05) is 6.61 Å². The zero-order valence-electron chi connectivity index (χ0n) is 11.7. The van der Waals surface area contributed by atoms with Crippen molar-refractivity contribution in [1.82, 2.24) is 5.32 Å². The molecule has 0 saturated carbocycles. The van der Waals surface area contributed by atoms with Crippen LogP contribution in [0, 0.1) is 5.92 Å². The van der Waals surface area contributed by atoms with Crippen LogP contribution in [0.1, 0.15) is 20.8 Å². The molecule has 6 heteroatoms. The summed E-state index contributed by atoms with van der Waals surface area (Å²) in [4.78, 5) is 12.0. The molecule has 0 bridgehead atoms. The maximum absolute atomic E-state index is 12.0. The molecule has 0 fully saturated rings. The minimum Gasteiger partial charge on any atom is -0.479 e. The van der Waals surface area contributed by atoms with Crippen LogP contribution in [-0.2, 0) is 4.79 Å². The molecule has 1 aromatic carbocycles. The summed E-state index contributed by atoms with van der Waals surface area (Å²) in [6, 6.07) is 4.50. The first-order chi connectivity index (χ1) is 9.35. The van der Waals surface area contributed by atoms with Crippen molar-refractivity contribution < 1.29 is 14.6 Å². The first-order valence-electron chi connectivity index (χ1n) is 6.38. The van der Waals surface area contributed by atoms with Gasteiger partial charge in [0, 0.05) is 5.02 Å². The lowest BCUT2D eigenvalue weighted by atomic mass is 10.1. The van der Waals surface area contributed by atoms with E-state index in [1.165, 1.54) is 0 Å². The van der Waals surface area contributed by atoms with Gasteiger partial charge in [0.25, 0.3) is 5.91 Å². The summed E-state index contributed by atoms with van der Waals surface area (Å²) in [5, 5.41) is 12.8. The summed E-state index contributed by atoms with van der Waals surface area (Å²) in [5.41, 5.74) is 0. The Morgan fingerprint density at radius 1 is 1.35 bits per heavy atom. The lowest BCUT2D eigenvalue weighted by molar-refractivity contribution is -0.128. The Morgan fingerprint density at radius 3 is 2.50 bits per heavy atom. The number of amides is 1. The zero-order chi connectivity index (χ0) is 15.3. The summed E-state index contributed by atoms with van der Waals surface area (Å²) in [6.45, 7) is 5.35. The van der Waals surface area contributed by atoms with Crippen LogP contribution in [0.25, 0.3) is 0 Å². The number of carbonyl (C=O) groups excluding carboxylic acids is 1. The van der Waals surface area contributed by atoms with Crippen LogP contribution in [0.5, 0.6) is 5.75 Å². The minimum atomic E-state index is -0.721. The van der Waals surface area contributed by atoms with Crippen LogP contribution in [0.3, 0.4) is 0 Å². The molecule has 4 nitrogen and oxygen atoms in total. The first-order valence-corrected chi connectivity index (χ1v) is 7.13. The average molecular weight is 320 g/mol. The molecular formula is C14H19Cl2NO3. The molecule has 0 saturated heterocycles.